The molecule has 0 saturated carbocycles. The number of halogens is 1. The number of amides is 1. The first kappa shape index (κ1) is 15.4. The number of ether oxygens (including phenoxy) is 2. The molecule has 1 atom stereocenters. The maximum Gasteiger partial charge on any atom is 0.258 e. The largest absolute Gasteiger partial charge is 0.481 e. The third kappa shape index (κ3) is 5.23. The standard InChI is InChI=1S/C13H19FN2O3/c1-9(13(15)17)19-12-4-3-11(14)7-10(12)8-16-5-6-18-2/h3-4,7,9,16H,5-6,8H2,1-2H3,(H2,15,17). The number of hydrogen-bond acceptors (Lipinski definition) is 4. The summed E-state index contributed by atoms with van der Waals surface area (Å²) in [5.41, 5.74) is 5.76. The van der Waals surface area contributed by atoms with Crippen LogP contribution in [-0.2, 0) is 16.1 Å². The molecule has 0 bridgehead atoms. The molecule has 0 aliphatic carbocycles. The van der Waals surface area contributed by atoms with E-state index >= 15 is 0 Å². The molecule has 19 heavy (non-hydrogen) atoms. The molecule has 1 rings (SSSR count). The SMILES string of the molecule is COCCNCc1cc(F)ccc1OC(C)C(N)=O. The molecule has 0 heterocycles. The fourth-order valence-corrected chi connectivity index (χ4v) is 1.45. The lowest BCUT2D eigenvalue weighted by Gasteiger charge is -2.15. The van der Waals surface area contributed by atoms with E-state index in [0.29, 0.717) is 31.0 Å². The number of carbonyl (C=O) groups is 1. The normalized spacial score (nSPS) is 12.2. The molecule has 6 heteroatoms. The first-order chi connectivity index (χ1) is 9.04. The van der Waals surface area contributed by atoms with E-state index in [1.807, 2.05) is 0 Å². The zero-order valence-corrected chi connectivity index (χ0v) is 11.1. The number of benzene rings is 1. The second-order valence-electron chi connectivity index (χ2n) is 4.08. The smallest absolute Gasteiger partial charge is 0.258 e. The van der Waals surface area contributed by atoms with Crippen molar-refractivity contribution in [2.75, 3.05) is 20.3 Å². The second kappa shape index (κ2) is 7.70. The Morgan fingerprint density at radius 2 is 2.26 bits per heavy atom. The topological polar surface area (TPSA) is 73.6 Å². The van der Waals surface area contributed by atoms with Crippen molar-refractivity contribution >= 4 is 5.91 Å². The molecule has 5 nitrogen and oxygen atoms in total. The summed E-state index contributed by atoms with van der Waals surface area (Å²) in [5, 5.41) is 3.08. The van der Waals surface area contributed by atoms with Gasteiger partial charge in [0, 0.05) is 25.8 Å². The number of rotatable bonds is 8. The van der Waals surface area contributed by atoms with Crippen LogP contribution in [0.2, 0.25) is 0 Å². The lowest BCUT2D eigenvalue weighted by Crippen LogP contribution is -2.31. The molecule has 0 radical (unpaired) electrons. The third-order valence-corrected chi connectivity index (χ3v) is 2.53. The van der Waals surface area contributed by atoms with Crippen LogP contribution in [0.15, 0.2) is 18.2 Å². The van der Waals surface area contributed by atoms with Crippen molar-refractivity contribution < 1.29 is 18.7 Å². The van der Waals surface area contributed by atoms with Gasteiger partial charge in [0.15, 0.2) is 6.10 Å². The van der Waals surface area contributed by atoms with Crippen LogP contribution < -0.4 is 15.8 Å². The van der Waals surface area contributed by atoms with Crippen LogP contribution in [0.25, 0.3) is 0 Å². The van der Waals surface area contributed by atoms with Gasteiger partial charge in [-0.15, -0.1) is 0 Å². The quantitative estimate of drug-likeness (QED) is 0.686. The minimum absolute atomic E-state index is 0.359. The minimum atomic E-state index is -0.761. The van der Waals surface area contributed by atoms with Gasteiger partial charge in [-0.05, 0) is 25.1 Å². The summed E-state index contributed by atoms with van der Waals surface area (Å²) in [6.07, 6.45) is -0.761. The van der Waals surface area contributed by atoms with E-state index in [2.05, 4.69) is 5.32 Å². The van der Waals surface area contributed by atoms with E-state index < -0.39 is 12.0 Å². The predicted octanol–water partition coefficient (Wildman–Crippen LogP) is 0.814. The molecule has 106 valence electrons. The Labute approximate surface area is 111 Å². The van der Waals surface area contributed by atoms with E-state index in [-0.39, 0.29) is 5.82 Å². The maximum atomic E-state index is 13.2. The minimum Gasteiger partial charge on any atom is -0.481 e. The van der Waals surface area contributed by atoms with Gasteiger partial charge in [-0.25, -0.2) is 4.39 Å². The zero-order valence-electron chi connectivity index (χ0n) is 11.1. The van der Waals surface area contributed by atoms with E-state index in [1.54, 1.807) is 14.0 Å². The average Bonchev–Trinajstić information content (AvgIpc) is 2.37. The van der Waals surface area contributed by atoms with Crippen molar-refractivity contribution in [3.05, 3.63) is 29.6 Å². The fraction of sp³-hybridized carbons (Fsp3) is 0.462. The number of hydrogen-bond donors (Lipinski definition) is 2. The molecule has 1 unspecified atom stereocenters. The number of methoxy groups -OCH3 is 1. The van der Waals surface area contributed by atoms with Crippen LogP contribution in [-0.4, -0.2) is 32.3 Å². The summed E-state index contributed by atoms with van der Waals surface area (Å²) in [5.74, 6) is -0.483. The van der Waals surface area contributed by atoms with Gasteiger partial charge < -0.3 is 20.5 Å². The van der Waals surface area contributed by atoms with E-state index in [4.69, 9.17) is 15.2 Å². The van der Waals surface area contributed by atoms with Crippen LogP contribution in [0.4, 0.5) is 4.39 Å². The summed E-state index contributed by atoms with van der Waals surface area (Å²) < 4.78 is 23.5. The monoisotopic (exact) mass is 270 g/mol. The molecule has 0 saturated heterocycles. The van der Waals surface area contributed by atoms with E-state index in [1.165, 1.54) is 18.2 Å². The molecule has 1 amide bonds. The summed E-state index contributed by atoms with van der Waals surface area (Å²) in [6, 6.07) is 4.13. The number of nitrogens with one attached hydrogen (secondary N) is 1. The maximum absolute atomic E-state index is 13.2. The van der Waals surface area contributed by atoms with Crippen molar-refractivity contribution in [1.29, 1.82) is 0 Å². The van der Waals surface area contributed by atoms with E-state index in [0.717, 1.165) is 0 Å². The Morgan fingerprint density at radius 1 is 1.53 bits per heavy atom. The molecular weight excluding hydrogens is 251 g/mol. The van der Waals surface area contributed by atoms with Crippen molar-refractivity contribution in [2.45, 2.75) is 19.6 Å². The van der Waals surface area contributed by atoms with Crippen LogP contribution in [0.1, 0.15) is 12.5 Å². The highest BCUT2D eigenvalue weighted by Gasteiger charge is 2.13. The van der Waals surface area contributed by atoms with Gasteiger partial charge in [-0.1, -0.05) is 0 Å². The zero-order chi connectivity index (χ0) is 14.3. The Balaban J connectivity index is 2.71. The van der Waals surface area contributed by atoms with Crippen molar-refractivity contribution in [3.63, 3.8) is 0 Å². The van der Waals surface area contributed by atoms with Crippen molar-refractivity contribution in [3.8, 4) is 5.75 Å². The Hall–Kier alpha value is -1.66. The molecule has 0 spiro atoms. The number of nitrogens with two attached hydrogens (primary N) is 1. The molecule has 0 aliphatic heterocycles. The summed E-state index contributed by atoms with van der Waals surface area (Å²) in [4.78, 5) is 11.0. The van der Waals surface area contributed by atoms with Crippen LogP contribution >= 0.6 is 0 Å². The molecule has 0 aromatic heterocycles. The van der Waals surface area contributed by atoms with Crippen molar-refractivity contribution in [2.24, 2.45) is 5.73 Å². The van der Waals surface area contributed by atoms with Crippen molar-refractivity contribution in [1.82, 2.24) is 5.32 Å². The van der Waals surface area contributed by atoms with Crippen LogP contribution in [0, 0.1) is 5.82 Å². The molecule has 0 fully saturated rings. The van der Waals surface area contributed by atoms with Gasteiger partial charge in [-0.2, -0.15) is 0 Å². The molecule has 3 N–H and O–H groups in total. The second-order valence-corrected chi connectivity index (χ2v) is 4.08. The number of primary amides is 1. The summed E-state index contributed by atoms with van der Waals surface area (Å²) in [6.45, 7) is 3.16. The van der Waals surface area contributed by atoms with Crippen LogP contribution in [0.3, 0.4) is 0 Å². The number of carbonyl (C=O) groups excluding carboxylic acids is 1. The lowest BCUT2D eigenvalue weighted by atomic mass is 10.2. The Kier molecular flexibility index (Phi) is 6.24. The van der Waals surface area contributed by atoms with Gasteiger partial charge in [0.2, 0.25) is 0 Å². The van der Waals surface area contributed by atoms with Gasteiger partial charge in [0.1, 0.15) is 11.6 Å². The Bertz CT molecular complexity index is 426. The molecule has 0 aliphatic rings. The van der Waals surface area contributed by atoms with E-state index in [9.17, 15) is 9.18 Å². The summed E-state index contributed by atoms with van der Waals surface area (Å²) >= 11 is 0. The fourth-order valence-electron chi connectivity index (χ4n) is 1.45. The molecule has 1 aromatic carbocycles. The van der Waals surface area contributed by atoms with Gasteiger partial charge in [0.05, 0.1) is 6.61 Å². The average molecular weight is 270 g/mol. The molecular formula is C13H19FN2O3. The highest BCUT2D eigenvalue weighted by molar-refractivity contribution is 5.78. The van der Waals surface area contributed by atoms with Crippen LogP contribution in [0.5, 0.6) is 5.75 Å². The summed E-state index contributed by atoms with van der Waals surface area (Å²) in [7, 11) is 1.60. The first-order valence-electron chi connectivity index (χ1n) is 5.98. The molecule has 1 aromatic rings. The third-order valence-electron chi connectivity index (χ3n) is 2.53. The highest BCUT2D eigenvalue weighted by atomic mass is 19.1. The lowest BCUT2D eigenvalue weighted by molar-refractivity contribution is -0.124. The van der Waals surface area contributed by atoms with Gasteiger partial charge >= 0.3 is 0 Å². The van der Waals surface area contributed by atoms with Gasteiger partial charge in [-0.3, -0.25) is 4.79 Å². The Morgan fingerprint density at radius 3 is 2.89 bits per heavy atom. The first-order valence-corrected chi connectivity index (χ1v) is 5.98. The highest BCUT2D eigenvalue weighted by Crippen LogP contribution is 2.20. The van der Waals surface area contributed by atoms with Gasteiger partial charge in [0.25, 0.3) is 5.91 Å². The predicted molar refractivity (Wildman–Crippen MR) is 69.3 cm³/mol.